The standard InChI is InChI=1S/C11H11N3O2/c1-7-3-2-4-8(9(7)15)10(16)14-11-12-5-6-13-11/h2-6,15H,1H3,(H2,12,13,14,16). The molecule has 3 N–H and O–H groups in total. The lowest BCUT2D eigenvalue weighted by molar-refractivity contribution is 0.102. The number of nitrogens with zero attached hydrogens (tertiary/aromatic N) is 1. The normalized spacial score (nSPS) is 10.1. The SMILES string of the molecule is Cc1cccc(C(=O)Nc2ncc[nH]2)c1O. The molecule has 1 amide bonds. The molecule has 5 heteroatoms. The van der Waals surface area contributed by atoms with Gasteiger partial charge in [0.05, 0.1) is 5.56 Å². The van der Waals surface area contributed by atoms with Crippen molar-refractivity contribution in [2.45, 2.75) is 6.92 Å². The van der Waals surface area contributed by atoms with E-state index < -0.39 is 5.91 Å². The van der Waals surface area contributed by atoms with Gasteiger partial charge < -0.3 is 10.1 Å². The molecule has 1 aromatic carbocycles. The smallest absolute Gasteiger partial charge is 0.261 e. The highest BCUT2D eigenvalue weighted by atomic mass is 16.3. The van der Waals surface area contributed by atoms with Crippen LogP contribution < -0.4 is 5.32 Å². The Bertz CT molecular complexity index is 506. The number of carbonyl (C=O) groups excluding carboxylic acids is 1. The number of aromatic amines is 1. The van der Waals surface area contributed by atoms with Gasteiger partial charge in [-0.1, -0.05) is 12.1 Å². The van der Waals surface area contributed by atoms with Crippen LogP contribution in [-0.4, -0.2) is 21.0 Å². The minimum absolute atomic E-state index is 0.00782. The zero-order chi connectivity index (χ0) is 11.5. The van der Waals surface area contributed by atoms with Gasteiger partial charge in [0, 0.05) is 12.4 Å². The Morgan fingerprint density at radius 2 is 2.31 bits per heavy atom. The number of anilines is 1. The second-order valence-corrected chi connectivity index (χ2v) is 3.36. The number of benzene rings is 1. The lowest BCUT2D eigenvalue weighted by Crippen LogP contribution is -2.13. The van der Waals surface area contributed by atoms with Crippen molar-refractivity contribution in [1.29, 1.82) is 0 Å². The van der Waals surface area contributed by atoms with E-state index in [2.05, 4.69) is 15.3 Å². The molecule has 0 aliphatic carbocycles. The first-order valence-electron chi connectivity index (χ1n) is 4.78. The van der Waals surface area contributed by atoms with Crippen LogP contribution in [0.25, 0.3) is 0 Å². The van der Waals surface area contributed by atoms with Gasteiger partial charge in [-0.05, 0) is 18.6 Å². The van der Waals surface area contributed by atoms with Crippen molar-refractivity contribution in [1.82, 2.24) is 9.97 Å². The van der Waals surface area contributed by atoms with Crippen LogP contribution in [0.1, 0.15) is 15.9 Å². The lowest BCUT2D eigenvalue weighted by Gasteiger charge is -2.06. The van der Waals surface area contributed by atoms with Gasteiger partial charge in [0.25, 0.3) is 5.91 Å². The molecule has 0 aliphatic rings. The summed E-state index contributed by atoms with van der Waals surface area (Å²) < 4.78 is 0. The quantitative estimate of drug-likeness (QED) is 0.716. The summed E-state index contributed by atoms with van der Waals surface area (Å²) in [7, 11) is 0. The highest BCUT2D eigenvalue weighted by molar-refractivity contribution is 6.05. The third-order valence-electron chi connectivity index (χ3n) is 2.21. The number of amides is 1. The summed E-state index contributed by atoms with van der Waals surface area (Å²) in [6, 6.07) is 5.01. The fourth-order valence-electron chi connectivity index (χ4n) is 1.35. The van der Waals surface area contributed by atoms with Crippen molar-refractivity contribution < 1.29 is 9.90 Å². The summed E-state index contributed by atoms with van der Waals surface area (Å²) in [6.07, 6.45) is 3.14. The van der Waals surface area contributed by atoms with Gasteiger partial charge in [0.1, 0.15) is 5.75 Å². The number of aryl methyl sites for hydroxylation is 1. The van der Waals surface area contributed by atoms with E-state index in [-0.39, 0.29) is 11.3 Å². The topological polar surface area (TPSA) is 78.0 Å². The van der Waals surface area contributed by atoms with Crippen LogP contribution in [0.5, 0.6) is 5.75 Å². The minimum atomic E-state index is -0.392. The molecular weight excluding hydrogens is 206 g/mol. The number of hydrogen-bond acceptors (Lipinski definition) is 3. The van der Waals surface area contributed by atoms with Gasteiger partial charge in [-0.25, -0.2) is 4.98 Å². The molecule has 2 aromatic rings. The fourth-order valence-corrected chi connectivity index (χ4v) is 1.35. The molecule has 0 bridgehead atoms. The molecule has 0 unspecified atom stereocenters. The number of rotatable bonds is 2. The fraction of sp³-hybridized carbons (Fsp3) is 0.0909. The molecule has 0 radical (unpaired) electrons. The second kappa shape index (κ2) is 4.06. The van der Waals surface area contributed by atoms with E-state index in [0.29, 0.717) is 11.5 Å². The second-order valence-electron chi connectivity index (χ2n) is 3.36. The number of imidazole rings is 1. The summed E-state index contributed by atoms with van der Waals surface area (Å²) in [4.78, 5) is 18.4. The van der Waals surface area contributed by atoms with Crippen molar-refractivity contribution in [3.05, 3.63) is 41.7 Å². The Morgan fingerprint density at radius 1 is 1.50 bits per heavy atom. The maximum Gasteiger partial charge on any atom is 0.261 e. The number of phenols is 1. The van der Waals surface area contributed by atoms with E-state index in [4.69, 9.17) is 0 Å². The molecule has 1 heterocycles. The number of carbonyl (C=O) groups is 1. The van der Waals surface area contributed by atoms with Gasteiger partial charge >= 0.3 is 0 Å². The maximum atomic E-state index is 11.8. The number of aromatic nitrogens is 2. The van der Waals surface area contributed by atoms with Crippen LogP contribution in [0.4, 0.5) is 5.95 Å². The molecule has 2 rings (SSSR count). The lowest BCUT2D eigenvalue weighted by atomic mass is 10.1. The monoisotopic (exact) mass is 217 g/mol. The third kappa shape index (κ3) is 1.88. The zero-order valence-corrected chi connectivity index (χ0v) is 8.69. The first-order chi connectivity index (χ1) is 7.68. The first kappa shape index (κ1) is 10.2. The first-order valence-corrected chi connectivity index (χ1v) is 4.78. The van der Waals surface area contributed by atoms with Crippen LogP contribution in [0.3, 0.4) is 0 Å². The predicted octanol–water partition coefficient (Wildman–Crippen LogP) is 1.68. The van der Waals surface area contributed by atoms with Crippen LogP contribution in [0, 0.1) is 6.92 Å². The summed E-state index contributed by atoms with van der Waals surface area (Å²) >= 11 is 0. The van der Waals surface area contributed by atoms with Gasteiger partial charge in [-0.15, -0.1) is 0 Å². The van der Waals surface area contributed by atoms with E-state index in [1.54, 1.807) is 31.3 Å². The van der Waals surface area contributed by atoms with Crippen molar-refractivity contribution in [3.63, 3.8) is 0 Å². The Balaban J connectivity index is 2.24. The number of aromatic hydroxyl groups is 1. The highest BCUT2D eigenvalue weighted by Gasteiger charge is 2.12. The molecule has 0 saturated carbocycles. The summed E-state index contributed by atoms with van der Waals surface area (Å²) in [5.74, 6) is -0.0476. The van der Waals surface area contributed by atoms with Crippen molar-refractivity contribution in [2.24, 2.45) is 0 Å². The van der Waals surface area contributed by atoms with E-state index in [9.17, 15) is 9.90 Å². The average Bonchev–Trinajstić information content (AvgIpc) is 2.74. The van der Waals surface area contributed by atoms with Gasteiger partial charge in [-0.3, -0.25) is 10.1 Å². The zero-order valence-electron chi connectivity index (χ0n) is 8.69. The van der Waals surface area contributed by atoms with Gasteiger partial charge in [-0.2, -0.15) is 0 Å². The van der Waals surface area contributed by atoms with E-state index in [1.807, 2.05) is 0 Å². The molecule has 0 atom stereocenters. The highest BCUT2D eigenvalue weighted by Crippen LogP contribution is 2.21. The number of H-pyrrole nitrogens is 1. The van der Waals surface area contributed by atoms with Gasteiger partial charge in [0.15, 0.2) is 0 Å². The third-order valence-corrected chi connectivity index (χ3v) is 2.21. The van der Waals surface area contributed by atoms with Crippen molar-refractivity contribution in [3.8, 4) is 5.75 Å². The molecule has 0 aliphatic heterocycles. The molecule has 82 valence electrons. The molecular formula is C11H11N3O2. The Hall–Kier alpha value is -2.30. The largest absolute Gasteiger partial charge is 0.507 e. The van der Waals surface area contributed by atoms with Crippen molar-refractivity contribution >= 4 is 11.9 Å². The van der Waals surface area contributed by atoms with Crippen molar-refractivity contribution in [2.75, 3.05) is 5.32 Å². The minimum Gasteiger partial charge on any atom is -0.507 e. The Kier molecular flexibility index (Phi) is 2.59. The summed E-state index contributed by atoms with van der Waals surface area (Å²) in [5.41, 5.74) is 0.892. The van der Waals surface area contributed by atoms with Crippen LogP contribution in [0.15, 0.2) is 30.6 Å². The predicted molar refractivity (Wildman–Crippen MR) is 59.4 cm³/mol. The summed E-state index contributed by atoms with van der Waals surface area (Å²) in [5, 5.41) is 12.2. The molecule has 1 aromatic heterocycles. The molecule has 0 saturated heterocycles. The summed E-state index contributed by atoms with van der Waals surface area (Å²) in [6.45, 7) is 1.74. The van der Waals surface area contributed by atoms with E-state index >= 15 is 0 Å². The Morgan fingerprint density at radius 3 is 3.00 bits per heavy atom. The van der Waals surface area contributed by atoms with Crippen LogP contribution in [0.2, 0.25) is 0 Å². The number of nitrogens with one attached hydrogen (secondary N) is 2. The molecule has 0 fully saturated rings. The average molecular weight is 217 g/mol. The van der Waals surface area contributed by atoms with Crippen LogP contribution >= 0.6 is 0 Å². The molecule has 16 heavy (non-hydrogen) atoms. The van der Waals surface area contributed by atoms with E-state index in [1.165, 1.54) is 6.20 Å². The number of phenolic OH excluding ortho intramolecular Hbond substituents is 1. The van der Waals surface area contributed by atoms with E-state index in [0.717, 1.165) is 0 Å². The van der Waals surface area contributed by atoms with Crippen LogP contribution in [-0.2, 0) is 0 Å². The molecule has 5 nitrogen and oxygen atoms in total. The number of hydrogen-bond donors (Lipinski definition) is 3. The molecule has 0 spiro atoms. The Labute approximate surface area is 92.2 Å². The maximum absolute atomic E-state index is 11.8. The van der Waals surface area contributed by atoms with Gasteiger partial charge in [0.2, 0.25) is 5.95 Å². The number of para-hydroxylation sites is 1.